The highest BCUT2D eigenvalue weighted by molar-refractivity contribution is 6.30. The van der Waals surface area contributed by atoms with E-state index in [1.807, 2.05) is 55.5 Å². The molecular weight excluding hydrogens is 388 g/mol. The molecule has 0 saturated heterocycles. The van der Waals surface area contributed by atoms with Crippen LogP contribution in [-0.4, -0.2) is 27.7 Å². The fourth-order valence-corrected chi connectivity index (χ4v) is 4.56. The molecule has 0 radical (unpaired) electrons. The van der Waals surface area contributed by atoms with E-state index in [0.717, 1.165) is 29.7 Å². The average molecular weight is 409 g/mol. The van der Waals surface area contributed by atoms with Crippen LogP contribution in [-0.2, 0) is 10.2 Å². The topological polar surface area (TPSA) is 79.9 Å². The van der Waals surface area contributed by atoms with Gasteiger partial charge in [0.25, 0.3) is 0 Å². The van der Waals surface area contributed by atoms with Gasteiger partial charge in [-0.25, -0.2) is 4.98 Å². The van der Waals surface area contributed by atoms with Crippen LogP contribution in [0.25, 0.3) is 0 Å². The summed E-state index contributed by atoms with van der Waals surface area (Å²) in [5.74, 6) is 2.00. The molecule has 1 aliphatic heterocycles. The van der Waals surface area contributed by atoms with E-state index in [2.05, 4.69) is 20.5 Å². The molecule has 2 N–H and O–H groups in total. The second kappa shape index (κ2) is 6.88. The molecule has 5 rings (SSSR count). The molecule has 2 aliphatic rings. The summed E-state index contributed by atoms with van der Waals surface area (Å²) in [7, 11) is 0. The summed E-state index contributed by atoms with van der Waals surface area (Å²) in [6, 6.07) is 15.1. The lowest BCUT2D eigenvalue weighted by molar-refractivity contribution is -0.123. The standard InChI is InChI=1S/C22H21ClN4O2/c1-13-24-20(27-26-13)19(14-5-3-2-4-6-14)25-21(28)17-12-22(17)9-10-29-18-8-7-15(23)11-16(18)22/h2-8,11,17,19H,9-10,12H2,1H3,(H,25,28)(H,24,26,27)/t17-,19+,22-/m0/s1. The van der Waals surface area contributed by atoms with Gasteiger partial charge in [0, 0.05) is 21.9 Å². The van der Waals surface area contributed by atoms with Crippen molar-refractivity contribution in [3.05, 3.63) is 76.3 Å². The molecule has 3 aromatic rings. The monoisotopic (exact) mass is 408 g/mol. The Hall–Kier alpha value is -2.86. The fraction of sp³-hybridized carbons (Fsp3) is 0.318. The number of halogens is 1. The van der Waals surface area contributed by atoms with E-state index >= 15 is 0 Å². The molecule has 0 unspecified atom stereocenters. The van der Waals surface area contributed by atoms with Gasteiger partial charge in [0.1, 0.15) is 17.6 Å². The van der Waals surface area contributed by atoms with Crippen molar-refractivity contribution in [1.82, 2.24) is 20.5 Å². The highest BCUT2D eigenvalue weighted by Crippen LogP contribution is 2.61. The molecule has 1 aliphatic carbocycles. The van der Waals surface area contributed by atoms with Gasteiger partial charge in [-0.2, -0.15) is 5.10 Å². The van der Waals surface area contributed by atoms with Gasteiger partial charge in [0.2, 0.25) is 5.91 Å². The molecule has 148 valence electrons. The van der Waals surface area contributed by atoms with Crippen molar-refractivity contribution in [3.63, 3.8) is 0 Å². The highest BCUT2D eigenvalue weighted by Gasteiger charge is 2.61. The molecule has 2 heterocycles. The van der Waals surface area contributed by atoms with Gasteiger partial charge in [0.15, 0.2) is 5.82 Å². The number of H-pyrrole nitrogens is 1. The number of fused-ring (bicyclic) bond motifs is 2. The zero-order valence-corrected chi connectivity index (χ0v) is 16.7. The minimum absolute atomic E-state index is 0.00846. The maximum Gasteiger partial charge on any atom is 0.224 e. The minimum Gasteiger partial charge on any atom is -0.493 e. The molecule has 7 heteroatoms. The van der Waals surface area contributed by atoms with Gasteiger partial charge in [-0.05, 0) is 43.5 Å². The quantitative estimate of drug-likeness (QED) is 0.689. The third-order valence-corrected chi connectivity index (χ3v) is 6.20. The van der Waals surface area contributed by atoms with Crippen molar-refractivity contribution in [2.75, 3.05) is 6.61 Å². The van der Waals surface area contributed by atoms with E-state index in [1.165, 1.54) is 0 Å². The lowest BCUT2D eigenvalue weighted by atomic mass is 9.87. The summed E-state index contributed by atoms with van der Waals surface area (Å²) in [5.41, 5.74) is 1.80. The highest BCUT2D eigenvalue weighted by atomic mass is 35.5. The Morgan fingerprint density at radius 2 is 2.14 bits per heavy atom. The predicted octanol–water partition coefficient (Wildman–Crippen LogP) is 3.71. The van der Waals surface area contributed by atoms with Crippen molar-refractivity contribution >= 4 is 17.5 Å². The molecule has 1 fully saturated rings. The number of carbonyl (C=O) groups excluding carboxylic acids is 1. The zero-order chi connectivity index (χ0) is 20.0. The smallest absolute Gasteiger partial charge is 0.224 e. The Kier molecular flexibility index (Phi) is 4.32. The summed E-state index contributed by atoms with van der Waals surface area (Å²) in [5, 5.41) is 11.0. The molecule has 1 saturated carbocycles. The molecule has 1 aromatic heterocycles. The Labute approximate surface area is 173 Å². The third kappa shape index (κ3) is 3.17. The van der Waals surface area contributed by atoms with Crippen LogP contribution in [0.2, 0.25) is 5.02 Å². The van der Waals surface area contributed by atoms with Crippen molar-refractivity contribution in [3.8, 4) is 5.75 Å². The molecular formula is C22H21ClN4O2. The van der Waals surface area contributed by atoms with Crippen LogP contribution in [0.4, 0.5) is 0 Å². The van der Waals surface area contributed by atoms with Gasteiger partial charge in [-0.3, -0.25) is 9.89 Å². The van der Waals surface area contributed by atoms with E-state index in [4.69, 9.17) is 16.3 Å². The summed E-state index contributed by atoms with van der Waals surface area (Å²) in [4.78, 5) is 17.7. The van der Waals surface area contributed by atoms with Crippen molar-refractivity contribution in [1.29, 1.82) is 0 Å². The maximum atomic E-state index is 13.3. The van der Waals surface area contributed by atoms with Crippen LogP contribution < -0.4 is 10.1 Å². The number of nitrogens with one attached hydrogen (secondary N) is 2. The number of amides is 1. The van der Waals surface area contributed by atoms with Gasteiger partial charge in [0.05, 0.1) is 6.61 Å². The normalized spacial score (nSPS) is 23.2. The number of hydrogen-bond donors (Lipinski definition) is 2. The second-order valence-electron chi connectivity index (χ2n) is 7.78. The number of ether oxygens (including phenoxy) is 1. The van der Waals surface area contributed by atoms with Gasteiger partial charge < -0.3 is 10.1 Å². The predicted molar refractivity (Wildman–Crippen MR) is 109 cm³/mol. The lowest BCUT2D eigenvalue weighted by Crippen LogP contribution is -2.34. The molecule has 0 bridgehead atoms. The van der Waals surface area contributed by atoms with E-state index < -0.39 is 6.04 Å². The van der Waals surface area contributed by atoms with Crippen LogP contribution in [0.5, 0.6) is 5.75 Å². The largest absolute Gasteiger partial charge is 0.493 e. The lowest BCUT2D eigenvalue weighted by Gasteiger charge is -2.27. The van der Waals surface area contributed by atoms with Crippen LogP contribution >= 0.6 is 11.6 Å². The SMILES string of the molecule is Cc1nc([C@H](NC(=O)[C@@H]2C[C@]23CCOc2ccc(Cl)cc23)c2ccccc2)n[nH]1. The van der Waals surface area contributed by atoms with Gasteiger partial charge in [-0.15, -0.1) is 0 Å². The van der Waals surface area contributed by atoms with Crippen LogP contribution in [0, 0.1) is 12.8 Å². The molecule has 6 nitrogen and oxygen atoms in total. The second-order valence-corrected chi connectivity index (χ2v) is 8.22. The van der Waals surface area contributed by atoms with Crippen molar-refractivity contribution in [2.24, 2.45) is 5.92 Å². The average Bonchev–Trinajstić information content (AvgIpc) is 3.29. The Balaban J connectivity index is 1.42. The van der Waals surface area contributed by atoms with E-state index in [1.54, 1.807) is 0 Å². The van der Waals surface area contributed by atoms with E-state index in [9.17, 15) is 4.79 Å². The molecule has 1 amide bonds. The summed E-state index contributed by atoms with van der Waals surface area (Å²) < 4.78 is 5.79. The Morgan fingerprint density at radius 3 is 2.90 bits per heavy atom. The summed E-state index contributed by atoms with van der Waals surface area (Å²) >= 11 is 6.23. The number of aryl methyl sites for hydroxylation is 1. The number of aromatic nitrogens is 3. The first kappa shape index (κ1) is 18.2. The number of aromatic amines is 1. The minimum atomic E-state index is -0.398. The molecule has 3 atom stereocenters. The number of benzene rings is 2. The van der Waals surface area contributed by atoms with Crippen LogP contribution in [0.1, 0.15) is 41.7 Å². The van der Waals surface area contributed by atoms with Crippen LogP contribution in [0.3, 0.4) is 0 Å². The van der Waals surface area contributed by atoms with Crippen molar-refractivity contribution < 1.29 is 9.53 Å². The third-order valence-electron chi connectivity index (χ3n) is 5.97. The van der Waals surface area contributed by atoms with Crippen LogP contribution in [0.15, 0.2) is 48.5 Å². The first-order chi connectivity index (χ1) is 14.1. The molecule has 1 spiro atoms. The summed E-state index contributed by atoms with van der Waals surface area (Å²) in [6.07, 6.45) is 1.61. The first-order valence-electron chi connectivity index (χ1n) is 9.74. The van der Waals surface area contributed by atoms with E-state index in [0.29, 0.717) is 23.3 Å². The van der Waals surface area contributed by atoms with E-state index in [-0.39, 0.29) is 17.2 Å². The fourth-order valence-electron chi connectivity index (χ4n) is 4.39. The molecule has 29 heavy (non-hydrogen) atoms. The number of rotatable bonds is 4. The Bertz CT molecular complexity index is 1070. The first-order valence-corrected chi connectivity index (χ1v) is 10.1. The Morgan fingerprint density at radius 1 is 1.31 bits per heavy atom. The maximum absolute atomic E-state index is 13.3. The zero-order valence-electron chi connectivity index (χ0n) is 16.0. The molecule has 2 aromatic carbocycles. The van der Waals surface area contributed by atoms with Crippen molar-refractivity contribution in [2.45, 2.75) is 31.2 Å². The number of hydrogen-bond acceptors (Lipinski definition) is 4. The van der Waals surface area contributed by atoms with Gasteiger partial charge >= 0.3 is 0 Å². The van der Waals surface area contributed by atoms with Gasteiger partial charge in [-0.1, -0.05) is 41.9 Å². The number of nitrogens with zero attached hydrogens (tertiary/aromatic N) is 2. The summed E-state index contributed by atoms with van der Waals surface area (Å²) in [6.45, 7) is 2.46. The number of carbonyl (C=O) groups is 1.